The molecule has 0 bridgehead atoms. The Bertz CT molecular complexity index is 1370. The zero-order chi connectivity index (χ0) is 25.1. The number of nitrogens with zero attached hydrogens (tertiary/aromatic N) is 3. The van der Waals surface area contributed by atoms with E-state index in [-0.39, 0.29) is 11.3 Å². The Morgan fingerprint density at radius 3 is 2.94 bits per heavy atom. The van der Waals surface area contributed by atoms with E-state index in [4.69, 9.17) is 0 Å². The minimum atomic E-state index is -1.69. The second-order valence-corrected chi connectivity index (χ2v) is 10.8. The average Bonchev–Trinajstić information content (AvgIpc) is 3.01. The van der Waals surface area contributed by atoms with Crippen LogP contribution in [0.1, 0.15) is 30.6 Å². The summed E-state index contributed by atoms with van der Waals surface area (Å²) in [4.78, 5) is 4.93. The van der Waals surface area contributed by atoms with E-state index in [9.17, 15) is 13.7 Å². The number of pyridine rings is 1. The second-order valence-electron chi connectivity index (χ2n) is 7.80. The topological polar surface area (TPSA) is 70.4 Å². The fraction of sp³-hybridized carbons (Fsp3) is 0.208. The Hall–Kier alpha value is -2.36. The molecule has 0 saturated heterocycles. The molecule has 2 aromatic heterocycles. The summed E-state index contributed by atoms with van der Waals surface area (Å²) >= 11 is 1.16. The molecule has 3 atom stereocenters. The van der Waals surface area contributed by atoms with E-state index in [1.807, 2.05) is 36.5 Å². The maximum Gasteiger partial charge on any atom is 0.158 e. The first-order valence-electron chi connectivity index (χ1n) is 10.8. The lowest BCUT2D eigenvalue weighted by Crippen LogP contribution is -2.12. The number of aromatic nitrogens is 2. The summed E-state index contributed by atoms with van der Waals surface area (Å²) in [6, 6.07) is 4.12. The summed E-state index contributed by atoms with van der Waals surface area (Å²) in [5.41, 5.74) is 0.0854. The van der Waals surface area contributed by atoms with Crippen molar-refractivity contribution in [2.75, 3.05) is 18.3 Å². The van der Waals surface area contributed by atoms with Crippen LogP contribution < -0.4 is 10.0 Å². The monoisotopic (exact) mass is 534 g/mol. The smallest absolute Gasteiger partial charge is 0.158 e. The summed E-state index contributed by atoms with van der Waals surface area (Å²) in [7, 11) is 2.64. The molecule has 0 fully saturated rings. The Morgan fingerprint density at radius 1 is 1.37 bits per heavy atom. The van der Waals surface area contributed by atoms with Crippen LogP contribution in [0.15, 0.2) is 65.9 Å². The molecule has 1 aromatic carbocycles. The number of rotatable bonds is 8. The van der Waals surface area contributed by atoms with Gasteiger partial charge in [0.25, 0.3) is 0 Å². The SMILES string of the molecule is CCN(C)SNc1ccc(F)c(C(O)c2cn(S(=O)C3=CC=CCC=C3)c3ncc(P)cc23)c1F. The van der Waals surface area contributed by atoms with Crippen molar-refractivity contribution in [2.24, 2.45) is 0 Å². The first-order chi connectivity index (χ1) is 16.8. The van der Waals surface area contributed by atoms with Gasteiger partial charge in [0.05, 0.1) is 16.2 Å². The van der Waals surface area contributed by atoms with Crippen LogP contribution >= 0.6 is 21.4 Å². The predicted molar refractivity (Wildman–Crippen MR) is 144 cm³/mol. The van der Waals surface area contributed by atoms with Crippen molar-refractivity contribution in [2.45, 2.75) is 19.4 Å². The second kappa shape index (κ2) is 11.1. The Morgan fingerprint density at radius 2 is 2.17 bits per heavy atom. The Labute approximate surface area is 211 Å². The number of fused-ring (bicyclic) bond motifs is 1. The molecular weight excluding hydrogens is 509 g/mol. The summed E-state index contributed by atoms with van der Waals surface area (Å²) in [6.45, 7) is 2.65. The summed E-state index contributed by atoms with van der Waals surface area (Å²) < 4.78 is 49.8. The van der Waals surface area contributed by atoms with Crippen LogP contribution in [0.3, 0.4) is 0 Å². The van der Waals surface area contributed by atoms with Crippen LogP contribution in [0.5, 0.6) is 0 Å². The normalized spacial score (nSPS) is 15.3. The number of halogens is 2. The number of allylic oxidation sites excluding steroid dienone is 5. The molecule has 0 saturated carbocycles. The standard InChI is InChI=1S/C24H25F2N4O2PS2/c1-3-29(2)34-28-20-11-10-19(25)21(22(20)26)23(31)18-14-30(24-17(18)12-15(33)13-27-24)35(32)16-8-6-4-5-7-9-16/h4,6-14,23,28,31H,3,5,33H2,1-2H3. The van der Waals surface area contributed by atoms with Crippen LogP contribution in [-0.2, 0) is 11.0 Å². The molecule has 35 heavy (non-hydrogen) atoms. The van der Waals surface area contributed by atoms with Gasteiger partial charge < -0.3 is 9.83 Å². The lowest BCUT2D eigenvalue weighted by molar-refractivity contribution is 0.210. The van der Waals surface area contributed by atoms with Crippen LogP contribution in [0, 0.1) is 11.6 Å². The van der Waals surface area contributed by atoms with Gasteiger partial charge >= 0.3 is 0 Å². The highest BCUT2D eigenvalue weighted by atomic mass is 32.2. The van der Waals surface area contributed by atoms with Gasteiger partial charge in [-0.05, 0) is 49.1 Å². The predicted octanol–water partition coefficient (Wildman–Crippen LogP) is 4.74. The van der Waals surface area contributed by atoms with Crippen molar-refractivity contribution >= 4 is 54.4 Å². The minimum Gasteiger partial charge on any atom is -0.383 e. The quantitative estimate of drug-likeness (QED) is 0.322. The molecule has 0 spiro atoms. The molecule has 2 heterocycles. The highest BCUT2D eigenvalue weighted by molar-refractivity contribution is 7.98. The third-order valence-electron chi connectivity index (χ3n) is 5.45. The molecule has 1 aliphatic rings. The van der Waals surface area contributed by atoms with E-state index < -0.39 is 34.3 Å². The van der Waals surface area contributed by atoms with Gasteiger partial charge in [-0.2, -0.15) is 0 Å². The zero-order valence-corrected chi connectivity index (χ0v) is 21.9. The van der Waals surface area contributed by atoms with Gasteiger partial charge in [0.1, 0.15) is 11.9 Å². The van der Waals surface area contributed by atoms with Crippen molar-refractivity contribution in [3.8, 4) is 0 Å². The van der Waals surface area contributed by atoms with Gasteiger partial charge in [-0.3, -0.25) is 0 Å². The molecule has 0 radical (unpaired) electrons. The first kappa shape index (κ1) is 25.7. The summed E-state index contributed by atoms with van der Waals surface area (Å²) in [6.07, 6.45) is 11.3. The van der Waals surface area contributed by atoms with Crippen LogP contribution in [0.2, 0.25) is 0 Å². The molecule has 3 aromatic rings. The van der Waals surface area contributed by atoms with E-state index in [1.54, 1.807) is 24.4 Å². The van der Waals surface area contributed by atoms with Gasteiger partial charge in [0.15, 0.2) is 22.5 Å². The average molecular weight is 535 g/mol. The van der Waals surface area contributed by atoms with Gasteiger partial charge in [-0.15, -0.1) is 9.24 Å². The van der Waals surface area contributed by atoms with Crippen molar-refractivity contribution < 1.29 is 18.1 Å². The van der Waals surface area contributed by atoms with Gasteiger partial charge in [-0.25, -0.2) is 26.3 Å². The van der Waals surface area contributed by atoms with E-state index in [1.165, 1.54) is 16.2 Å². The van der Waals surface area contributed by atoms with Crippen molar-refractivity contribution in [3.63, 3.8) is 0 Å². The third-order valence-corrected chi connectivity index (χ3v) is 7.95. The maximum absolute atomic E-state index is 15.4. The van der Waals surface area contributed by atoms with Crippen LogP contribution in [-0.4, -0.2) is 36.2 Å². The fourth-order valence-corrected chi connectivity index (χ4v) is 5.43. The molecule has 0 amide bonds. The number of hydrogen-bond acceptors (Lipinski definition) is 6. The molecule has 184 valence electrons. The molecule has 4 rings (SSSR count). The van der Waals surface area contributed by atoms with Gasteiger partial charge in [0, 0.05) is 42.0 Å². The summed E-state index contributed by atoms with van der Waals surface area (Å²) in [5.74, 6) is -1.78. The first-order valence-corrected chi connectivity index (χ1v) is 13.3. The molecule has 1 aliphatic carbocycles. The Balaban J connectivity index is 1.80. The number of aliphatic hydroxyl groups is 1. The number of aliphatic hydroxyl groups excluding tert-OH is 1. The third kappa shape index (κ3) is 5.42. The molecule has 6 nitrogen and oxygen atoms in total. The molecular formula is C24H25F2N4O2PS2. The molecule has 0 aliphatic heterocycles. The zero-order valence-electron chi connectivity index (χ0n) is 19.1. The van der Waals surface area contributed by atoms with Crippen LogP contribution in [0.4, 0.5) is 14.5 Å². The van der Waals surface area contributed by atoms with Crippen LogP contribution in [0.25, 0.3) is 11.0 Å². The van der Waals surface area contributed by atoms with E-state index in [0.29, 0.717) is 27.8 Å². The highest BCUT2D eigenvalue weighted by Gasteiger charge is 2.27. The van der Waals surface area contributed by atoms with Gasteiger partial charge in [0.2, 0.25) is 0 Å². The number of nitrogens with one attached hydrogen (secondary N) is 1. The molecule has 11 heteroatoms. The number of benzene rings is 1. The lowest BCUT2D eigenvalue weighted by atomic mass is 10.00. The van der Waals surface area contributed by atoms with E-state index in [2.05, 4.69) is 18.9 Å². The van der Waals surface area contributed by atoms with E-state index >= 15 is 4.39 Å². The van der Waals surface area contributed by atoms with Crippen molar-refractivity contribution in [1.82, 2.24) is 13.3 Å². The van der Waals surface area contributed by atoms with Crippen molar-refractivity contribution in [1.29, 1.82) is 0 Å². The number of anilines is 1. The minimum absolute atomic E-state index is 0.0449. The van der Waals surface area contributed by atoms with Gasteiger partial charge in [-0.1, -0.05) is 25.2 Å². The Kier molecular flexibility index (Phi) is 8.19. The maximum atomic E-state index is 15.4. The fourth-order valence-electron chi connectivity index (χ4n) is 3.50. The molecule has 2 N–H and O–H groups in total. The molecule has 3 unspecified atom stereocenters. The van der Waals surface area contributed by atoms with E-state index in [0.717, 1.165) is 24.6 Å². The number of hydrogen-bond donors (Lipinski definition) is 2. The highest BCUT2D eigenvalue weighted by Crippen LogP contribution is 2.36. The van der Waals surface area contributed by atoms with Crippen molar-refractivity contribution in [3.05, 3.63) is 88.6 Å². The largest absolute Gasteiger partial charge is 0.383 e. The summed E-state index contributed by atoms with van der Waals surface area (Å²) in [5, 5.41) is 12.4. The lowest BCUT2D eigenvalue weighted by Gasteiger charge is -2.18.